The molecule has 4 nitrogen and oxygen atoms in total. The normalized spacial score (nSPS) is 11.0. The minimum atomic E-state index is -0.337. The summed E-state index contributed by atoms with van der Waals surface area (Å²) in [7, 11) is 0. The first-order valence-corrected chi connectivity index (χ1v) is 8.02. The summed E-state index contributed by atoms with van der Waals surface area (Å²) in [4.78, 5) is 11.7. The van der Waals surface area contributed by atoms with Gasteiger partial charge in [-0.25, -0.2) is 4.79 Å². The van der Waals surface area contributed by atoms with Gasteiger partial charge < -0.3 is 13.9 Å². The Morgan fingerprint density at radius 2 is 1.62 bits per heavy atom. The van der Waals surface area contributed by atoms with E-state index in [2.05, 4.69) is 13.8 Å². The summed E-state index contributed by atoms with van der Waals surface area (Å²) >= 11 is 0. The van der Waals surface area contributed by atoms with Gasteiger partial charge in [-0.1, -0.05) is 32.0 Å². The van der Waals surface area contributed by atoms with Crippen LogP contribution in [-0.2, 0) is 0 Å². The number of benzene rings is 2. The van der Waals surface area contributed by atoms with Gasteiger partial charge in [0.2, 0.25) is 0 Å². The molecule has 0 radical (unpaired) electrons. The largest absolute Gasteiger partial charge is 0.490 e. The van der Waals surface area contributed by atoms with E-state index >= 15 is 0 Å². The Morgan fingerprint density at radius 3 is 2.33 bits per heavy atom. The summed E-state index contributed by atoms with van der Waals surface area (Å²) in [5.41, 5.74) is 1.20. The van der Waals surface area contributed by atoms with Crippen molar-refractivity contribution in [3.63, 3.8) is 0 Å². The Hall–Kier alpha value is -2.75. The third-order valence-electron chi connectivity index (χ3n) is 3.73. The SMILES string of the molecule is CC(C)c1cc(=O)oc2cc(OCCOc3ccccc3)ccc12. The Bertz CT molecular complexity index is 866. The number of fused-ring (bicyclic) bond motifs is 1. The van der Waals surface area contributed by atoms with Gasteiger partial charge >= 0.3 is 5.63 Å². The average Bonchev–Trinajstić information content (AvgIpc) is 2.58. The molecule has 1 heterocycles. The Morgan fingerprint density at radius 1 is 0.917 bits per heavy atom. The molecule has 0 atom stereocenters. The molecule has 0 aliphatic heterocycles. The molecule has 2 aromatic carbocycles. The molecule has 4 heteroatoms. The van der Waals surface area contributed by atoms with Crippen LogP contribution in [0.1, 0.15) is 25.3 Å². The van der Waals surface area contributed by atoms with Crippen molar-refractivity contribution >= 4 is 11.0 Å². The molecule has 0 amide bonds. The van der Waals surface area contributed by atoms with Gasteiger partial charge in [-0.2, -0.15) is 0 Å². The third kappa shape index (κ3) is 3.77. The van der Waals surface area contributed by atoms with Crippen molar-refractivity contribution in [2.24, 2.45) is 0 Å². The van der Waals surface area contributed by atoms with Crippen LogP contribution in [0.2, 0.25) is 0 Å². The van der Waals surface area contributed by atoms with Crippen LogP contribution in [0.3, 0.4) is 0 Å². The third-order valence-corrected chi connectivity index (χ3v) is 3.73. The van der Waals surface area contributed by atoms with E-state index in [-0.39, 0.29) is 11.5 Å². The highest BCUT2D eigenvalue weighted by Crippen LogP contribution is 2.27. The van der Waals surface area contributed by atoms with E-state index in [1.165, 1.54) is 0 Å². The predicted molar refractivity (Wildman–Crippen MR) is 94.0 cm³/mol. The van der Waals surface area contributed by atoms with Crippen LogP contribution >= 0.6 is 0 Å². The zero-order valence-corrected chi connectivity index (χ0v) is 13.8. The van der Waals surface area contributed by atoms with Gasteiger partial charge in [-0.3, -0.25) is 0 Å². The van der Waals surface area contributed by atoms with Gasteiger partial charge in [0.1, 0.15) is 30.3 Å². The van der Waals surface area contributed by atoms with Crippen molar-refractivity contribution < 1.29 is 13.9 Å². The molecule has 0 saturated heterocycles. The highest BCUT2D eigenvalue weighted by Gasteiger charge is 2.10. The van der Waals surface area contributed by atoms with E-state index in [4.69, 9.17) is 13.9 Å². The summed E-state index contributed by atoms with van der Waals surface area (Å²) in [5, 5.41) is 0.942. The zero-order chi connectivity index (χ0) is 16.9. The number of ether oxygens (including phenoxy) is 2. The predicted octanol–water partition coefficient (Wildman–Crippen LogP) is 4.37. The van der Waals surface area contributed by atoms with Crippen LogP contribution in [-0.4, -0.2) is 13.2 Å². The summed E-state index contributed by atoms with van der Waals surface area (Å²) < 4.78 is 16.6. The second kappa shape index (κ2) is 7.21. The molecular weight excluding hydrogens is 304 g/mol. The zero-order valence-electron chi connectivity index (χ0n) is 13.8. The standard InChI is InChI=1S/C20H20O4/c1-14(2)18-13-20(21)24-19-12-16(8-9-17(18)19)23-11-10-22-15-6-4-3-5-7-15/h3-9,12-14H,10-11H2,1-2H3. The van der Waals surface area contributed by atoms with Crippen LogP contribution < -0.4 is 15.1 Å². The lowest BCUT2D eigenvalue weighted by atomic mass is 10.00. The quantitative estimate of drug-likeness (QED) is 0.499. The minimum absolute atomic E-state index is 0.252. The molecule has 124 valence electrons. The lowest BCUT2D eigenvalue weighted by Gasteiger charge is -2.11. The van der Waals surface area contributed by atoms with Crippen molar-refractivity contribution in [3.05, 3.63) is 70.6 Å². The van der Waals surface area contributed by atoms with Gasteiger partial charge in [0.25, 0.3) is 0 Å². The van der Waals surface area contributed by atoms with Crippen LogP contribution in [0, 0.1) is 0 Å². The van der Waals surface area contributed by atoms with Crippen LogP contribution in [0.25, 0.3) is 11.0 Å². The van der Waals surface area contributed by atoms with Gasteiger partial charge in [-0.15, -0.1) is 0 Å². The fraction of sp³-hybridized carbons (Fsp3) is 0.250. The van der Waals surface area contributed by atoms with E-state index in [0.29, 0.717) is 24.5 Å². The van der Waals surface area contributed by atoms with Crippen LogP contribution in [0.15, 0.2) is 63.8 Å². The molecule has 0 aliphatic rings. The first kappa shape index (κ1) is 16.1. The van der Waals surface area contributed by atoms with Crippen LogP contribution in [0.5, 0.6) is 11.5 Å². The van der Waals surface area contributed by atoms with Crippen molar-refractivity contribution in [3.8, 4) is 11.5 Å². The maximum atomic E-state index is 11.7. The van der Waals surface area contributed by atoms with Gasteiger partial charge in [-0.05, 0) is 35.7 Å². The summed E-state index contributed by atoms with van der Waals surface area (Å²) in [6, 6.07) is 16.7. The molecule has 24 heavy (non-hydrogen) atoms. The van der Waals surface area contributed by atoms with Gasteiger partial charge in [0.05, 0.1) is 0 Å². The Balaban J connectivity index is 1.68. The van der Waals surface area contributed by atoms with E-state index in [9.17, 15) is 4.79 Å². The maximum Gasteiger partial charge on any atom is 0.336 e. The first-order chi connectivity index (χ1) is 11.6. The summed E-state index contributed by atoms with van der Waals surface area (Å²) in [5.74, 6) is 1.72. The number of hydrogen-bond donors (Lipinski definition) is 0. The second-order valence-electron chi connectivity index (χ2n) is 5.84. The number of rotatable bonds is 6. The first-order valence-electron chi connectivity index (χ1n) is 8.02. The van der Waals surface area contributed by atoms with Crippen molar-refractivity contribution in [1.29, 1.82) is 0 Å². The Kier molecular flexibility index (Phi) is 4.85. The second-order valence-corrected chi connectivity index (χ2v) is 5.84. The molecule has 0 saturated carbocycles. The summed E-state index contributed by atoms with van der Waals surface area (Å²) in [6.07, 6.45) is 0. The van der Waals surface area contributed by atoms with E-state index in [0.717, 1.165) is 16.7 Å². The molecule has 0 bridgehead atoms. The van der Waals surface area contributed by atoms with Crippen molar-refractivity contribution in [2.75, 3.05) is 13.2 Å². The molecule has 0 aliphatic carbocycles. The number of hydrogen-bond acceptors (Lipinski definition) is 4. The Labute approximate surface area is 140 Å². The molecule has 3 rings (SSSR count). The number of para-hydroxylation sites is 1. The lowest BCUT2D eigenvalue weighted by molar-refractivity contribution is 0.217. The molecular formula is C20H20O4. The van der Waals surface area contributed by atoms with Crippen molar-refractivity contribution in [1.82, 2.24) is 0 Å². The molecule has 3 aromatic rings. The minimum Gasteiger partial charge on any atom is -0.490 e. The monoisotopic (exact) mass is 324 g/mol. The smallest absolute Gasteiger partial charge is 0.336 e. The van der Waals surface area contributed by atoms with E-state index in [1.54, 1.807) is 12.1 Å². The molecule has 0 unspecified atom stereocenters. The highest BCUT2D eigenvalue weighted by molar-refractivity contribution is 5.82. The fourth-order valence-electron chi connectivity index (χ4n) is 2.57. The molecule has 0 fully saturated rings. The van der Waals surface area contributed by atoms with Gasteiger partial charge in [0.15, 0.2) is 0 Å². The molecule has 0 N–H and O–H groups in total. The maximum absolute atomic E-state index is 11.7. The molecule has 0 spiro atoms. The average molecular weight is 324 g/mol. The van der Waals surface area contributed by atoms with Gasteiger partial charge in [0, 0.05) is 17.5 Å². The van der Waals surface area contributed by atoms with E-state index in [1.807, 2.05) is 42.5 Å². The van der Waals surface area contributed by atoms with Crippen LogP contribution in [0.4, 0.5) is 0 Å². The van der Waals surface area contributed by atoms with Crippen molar-refractivity contribution in [2.45, 2.75) is 19.8 Å². The highest BCUT2D eigenvalue weighted by atomic mass is 16.5. The molecule has 1 aromatic heterocycles. The fourth-order valence-corrected chi connectivity index (χ4v) is 2.57. The van der Waals surface area contributed by atoms with E-state index < -0.39 is 0 Å². The topological polar surface area (TPSA) is 48.7 Å². The summed E-state index contributed by atoms with van der Waals surface area (Å²) in [6.45, 7) is 4.96. The lowest BCUT2D eigenvalue weighted by Crippen LogP contribution is -2.09.